The van der Waals surface area contributed by atoms with Crippen LogP contribution < -0.4 is 10.1 Å². The third-order valence-electron chi connectivity index (χ3n) is 4.92. The minimum atomic E-state index is -4.64. The van der Waals surface area contributed by atoms with Gasteiger partial charge in [-0.25, -0.2) is 0 Å². The molecular weight excluding hydrogens is 417 g/mol. The highest BCUT2D eigenvalue weighted by Gasteiger charge is 2.34. The molecule has 0 aliphatic carbocycles. The average Bonchev–Trinajstić information content (AvgIpc) is 2.76. The van der Waals surface area contributed by atoms with E-state index in [0.717, 1.165) is 22.4 Å². The molecule has 0 heterocycles. The molecule has 3 aromatic carbocycles. The lowest BCUT2D eigenvalue weighted by Crippen LogP contribution is -2.40. The number of aliphatic carboxylic acids is 1. The molecule has 31 heavy (non-hydrogen) atoms. The van der Waals surface area contributed by atoms with Crippen LogP contribution in [0.25, 0.3) is 11.1 Å². The first-order chi connectivity index (χ1) is 14.8. The molecule has 0 fully saturated rings. The number of para-hydroxylation sites is 1. The second-order valence-electron chi connectivity index (χ2n) is 7.06. The van der Waals surface area contributed by atoms with Gasteiger partial charge >= 0.3 is 13.6 Å². The van der Waals surface area contributed by atoms with E-state index in [0.29, 0.717) is 5.56 Å². The fourth-order valence-electron chi connectivity index (χ4n) is 3.37. The van der Waals surface area contributed by atoms with E-state index in [-0.39, 0.29) is 6.42 Å². The summed E-state index contributed by atoms with van der Waals surface area (Å²) >= 11 is 0. The van der Waals surface area contributed by atoms with E-state index in [9.17, 15) is 24.3 Å². The van der Waals surface area contributed by atoms with Crippen LogP contribution in [0.1, 0.15) is 16.9 Å². The highest BCUT2D eigenvalue weighted by Crippen LogP contribution is 2.50. The maximum atomic E-state index is 12.0. The molecule has 162 valence electrons. The minimum Gasteiger partial charge on any atom is -0.496 e. The van der Waals surface area contributed by atoms with Gasteiger partial charge in [0.05, 0.1) is 7.11 Å². The van der Waals surface area contributed by atoms with Gasteiger partial charge in [0.15, 0.2) is 0 Å². The molecule has 0 radical (unpaired) electrons. The molecule has 7 nitrogen and oxygen atoms in total. The molecule has 0 bridgehead atoms. The van der Waals surface area contributed by atoms with Crippen LogP contribution in [0.15, 0.2) is 78.9 Å². The Labute approximate surface area is 180 Å². The molecule has 0 aliphatic rings. The maximum absolute atomic E-state index is 12.0. The van der Waals surface area contributed by atoms with Crippen molar-refractivity contribution >= 4 is 13.6 Å². The lowest BCUT2D eigenvalue weighted by Gasteiger charge is -2.24. The van der Waals surface area contributed by atoms with E-state index in [1.807, 2.05) is 36.4 Å². The first-order valence-corrected chi connectivity index (χ1v) is 11.3. The van der Waals surface area contributed by atoms with Gasteiger partial charge in [0.25, 0.3) is 0 Å². The number of hydrogen-bond acceptors (Lipinski definition) is 4. The normalized spacial score (nSPS) is 13.4. The van der Waals surface area contributed by atoms with E-state index in [1.54, 1.807) is 49.6 Å². The third kappa shape index (κ3) is 5.81. The van der Waals surface area contributed by atoms with Crippen molar-refractivity contribution in [3.63, 3.8) is 0 Å². The van der Waals surface area contributed by atoms with E-state index < -0.39 is 25.4 Å². The number of hydrogen-bond donors (Lipinski definition) is 4. The van der Waals surface area contributed by atoms with Gasteiger partial charge in [-0.1, -0.05) is 72.8 Å². The van der Waals surface area contributed by atoms with Crippen LogP contribution in [-0.4, -0.2) is 34.0 Å². The van der Waals surface area contributed by atoms with Gasteiger partial charge in [0.1, 0.15) is 17.6 Å². The Hall–Kier alpha value is -2.96. The summed E-state index contributed by atoms with van der Waals surface area (Å²) in [5.74, 6) is -1.88. The minimum absolute atomic E-state index is 0.0604. The van der Waals surface area contributed by atoms with Crippen LogP contribution in [0.2, 0.25) is 0 Å². The number of nitrogens with one attached hydrogen (secondary N) is 1. The fourth-order valence-corrected chi connectivity index (χ4v) is 4.30. The smallest absolute Gasteiger partial charge is 0.346 e. The Morgan fingerprint density at radius 2 is 1.58 bits per heavy atom. The zero-order valence-electron chi connectivity index (χ0n) is 16.9. The summed E-state index contributed by atoms with van der Waals surface area (Å²) in [6.07, 6.45) is 0.0604. The van der Waals surface area contributed by atoms with Gasteiger partial charge in [-0.05, 0) is 29.2 Å². The first kappa shape index (κ1) is 22.7. The fraction of sp³-hybridized carbons (Fsp3) is 0.174. The predicted octanol–water partition coefficient (Wildman–Crippen LogP) is 3.82. The summed E-state index contributed by atoms with van der Waals surface area (Å²) in [7, 11) is -3.04. The van der Waals surface area contributed by atoms with Crippen LogP contribution in [0, 0.1) is 0 Å². The van der Waals surface area contributed by atoms with Gasteiger partial charge in [-0.15, -0.1) is 0 Å². The van der Waals surface area contributed by atoms with Crippen molar-refractivity contribution in [1.29, 1.82) is 0 Å². The van der Waals surface area contributed by atoms with E-state index in [1.165, 1.54) is 0 Å². The lowest BCUT2D eigenvalue weighted by atomic mass is 10.00. The molecule has 0 amide bonds. The van der Waals surface area contributed by atoms with Gasteiger partial charge in [-0.2, -0.15) is 0 Å². The molecular formula is C23H24NO6P. The second kappa shape index (κ2) is 9.90. The van der Waals surface area contributed by atoms with Crippen molar-refractivity contribution in [2.24, 2.45) is 0 Å². The number of ether oxygens (including phenoxy) is 1. The van der Waals surface area contributed by atoms with Crippen LogP contribution in [0.4, 0.5) is 0 Å². The van der Waals surface area contributed by atoms with E-state index in [4.69, 9.17) is 4.74 Å². The molecule has 3 aromatic rings. The highest BCUT2D eigenvalue weighted by atomic mass is 31.2. The standard InChI is InChI=1S/C23H24NO6P/c1-30-21-10-6-5-9-19(21)17-13-11-16(12-14-17)15-20(23(25)26)24-22(31(27,28)29)18-7-3-2-4-8-18/h2-14,20,22,24H,15H2,1H3,(H,25,26)(H2,27,28,29)/t20-,22?/m0/s1. The van der Waals surface area contributed by atoms with Crippen molar-refractivity contribution in [2.45, 2.75) is 18.2 Å². The maximum Gasteiger partial charge on any atom is 0.346 e. The first-order valence-electron chi connectivity index (χ1n) is 9.61. The number of benzene rings is 3. The van der Waals surface area contributed by atoms with E-state index >= 15 is 0 Å². The summed E-state index contributed by atoms with van der Waals surface area (Å²) in [5.41, 5.74) is 2.87. The van der Waals surface area contributed by atoms with Gasteiger partial charge in [0.2, 0.25) is 0 Å². The van der Waals surface area contributed by atoms with Gasteiger partial charge in [-0.3, -0.25) is 14.7 Å². The topological polar surface area (TPSA) is 116 Å². The highest BCUT2D eigenvalue weighted by molar-refractivity contribution is 7.52. The predicted molar refractivity (Wildman–Crippen MR) is 118 cm³/mol. The van der Waals surface area contributed by atoms with E-state index in [2.05, 4.69) is 5.32 Å². The third-order valence-corrected chi connectivity index (χ3v) is 6.04. The lowest BCUT2D eigenvalue weighted by molar-refractivity contribution is -0.139. The Bertz CT molecular complexity index is 1060. The van der Waals surface area contributed by atoms with Crippen LogP contribution >= 0.6 is 7.60 Å². The molecule has 0 saturated carbocycles. The quantitative estimate of drug-likeness (QED) is 0.373. The molecule has 3 rings (SSSR count). The summed E-state index contributed by atoms with van der Waals surface area (Å²) in [6, 6.07) is 21.8. The number of carboxylic acid groups (broad SMARTS) is 1. The second-order valence-corrected chi connectivity index (χ2v) is 8.76. The van der Waals surface area contributed by atoms with Crippen molar-refractivity contribution in [3.05, 3.63) is 90.0 Å². The van der Waals surface area contributed by atoms with Gasteiger partial charge in [0, 0.05) is 5.56 Å². The monoisotopic (exact) mass is 441 g/mol. The Morgan fingerprint density at radius 3 is 2.16 bits per heavy atom. The molecule has 8 heteroatoms. The molecule has 4 N–H and O–H groups in total. The molecule has 0 aromatic heterocycles. The molecule has 1 unspecified atom stereocenters. The van der Waals surface area contributed by atoms with Crippen molar-refractivity contribution in [3.8, 4) is 16.9 Å². The molecule has 0 aliphatic heterocycles. The summed E-state index contributed by atoms with van der Waals surface area (Å²) in [5, 5.41) is 12.3. The number of rotatable bonds is 9. The zero-order chi connectivity index (χ0) is 22.4. The molecule has 0 saturated heterocycles. The Balaban J connectivity index is 1.81. The number of carbonyl (C=O) groups is 1. The largest absolute Gasteiger partial charge is 0.496 e. The Morgan fingerprint density at radius 1 is 0.968 bits per heavy atom. The SMILES string of the molecule is COc1ccccc1-c1ccc(C[C@H](NC(c2ccccc2)P(=O)(O)O)C(=O)O)cc1. The number of carboxylic acids is 1. The summed E-state index contributed by atoms with van der Waals surface area (Å²) in [6.45, 7) is 0. The zero-order valence-corrected chi connectivity index (χ0v) is 17.8. The average molecular weight is 441 g/mol. The van der Waals surface area contributed by atoms with Crippen LogP contribution in [-0.2, 0) is 15.8 Å². The Kier molecular flexibility index (Phi) is 7.25. The van der Waals surface area contributed by atoms with Crippen molar-refractivity contribution in [2.75, 3.05) is 7.11 Å². The summed E-state index contributed by atoms with van der Waals surface area (Å²) < 4.78 is 17.4. The van der Waals surface area contributed by atoms with Crippen LogP contribution in [0.3, 0.4) is 0 Å². The summed E-state index contributed by atoms with van der Waals surface area (Å²) in [4.78, 5) is 31.4. The van der Waals surface area contributed by atoms with Crippen molar-refractivity contribution < 1.29 is 29.0 Å². The van der Waals surface area contributed by atoms with Crippen molar-refractivity contribution in [1.82, 2.24) is 5.32 Å². The van der Waals surface area contributed by atoms with Crippen LogP contribution in [0.5, 0.6) is 5.75 Å². The molecule has 0 spiro atoms. The van der Waals surface area contributed by atoms with Gasteiger partial charge < -0.3 is 19.6 Å². The molecule has 2 atom stereocenters. The number of methoxy groups -OCH3 is 1.